The van der Waals surface area contributed by atoms with Crippen LogP contribution in [0.15, 0.2) is 10.7 Å². The Labute approximate surface area is 93.1 Å². The van der Waals surface area contributed by atoms with E-state index in [1.807, 2.05) is 0 Å². The van der Waals surface area contributed by atoms with Crippen molar-refractivity contribution in [3.63, 3.8) is 0 Å². The van der Waals surface area contributed by atoms with Gasteiger partial charge < -0.3 is 14.2 Å². The average Bonchev–Trinajstić information content (AvgIpc) is 2.71. The number of rotatable bonds is 4. The van der Waals surface area contributed by atoms with Crippen molar-refractivity contribution < 1.29 is 18.8 Å². The van der Waals surface area contributed by atoms with Gasteiger partial charge in [-0.25, -0.2) is 0 Å². The van der Waals surface area contributed by atoms with Gasteiger partial charge in [-0.3, -0.25) is 9.59 Å². The number of aryl methyl sites for hydroxylation is 1. The van der Waals surface area contributed by atoms with Crippen LogP contribution in [0.5, 0.6) is 0 Å². The summed E-state index contributed by atoms with van der Waals surface area (Å²) in [5.41, 5.74) is 0.366. The van der Waals surface area contributed by atoms with Crippen LogP contribution in [0.3, 0.4) is 0 Å². The molecule has 16 heavy (non-hydrogen) atoms. The van der Waals surface area contributed by atoms with Gasteiger partial charge in [-0.05, 0) is 13.8 Å². The Morgan fingerprint density at radius 1 is 1.56 bits per heavy atom. The molecule has 1 rings (SSSR count). The Morgan fingerprint density at radius 3 is 2.69 bits per heavy atom. The van der Waals surface area contributed by atoms with Crippen LogP contribution in [-0.4, -0.2) is 42.1 Å². The van der Waals surface area contributed by atoms with Gasteiger partial charge in [-0.2, -0.15) is 0 Å². The highest BCUT2D eigenvalue weighted by Crippen LogP contribution is 2.09. The van der Waals surface area contributed by atoms with E-state index >= 15 is 0 Å². The summed E-state index contributed by atoms with van der Waals surface area (Å²) in [7, 11) is 1.28. The molecule has 6 nitrogen and oxygen atoms in total. The third-order valence-electron chi connectivity index (χ3n) is 2.20. The van der Waals surface area contributed by atoms with Crippen molar-refractivity contribution >= 4 is 11.9 Å². The first-order chi connectivity index (χ1) is 7.60. The van der Waals surface area contributed by atoms with E-state index < -0.39 is 5.97 Å². The maximum Gasteiger partial charge on any atom is 0.325 e. The summed E-state index contributed by atoms with van der Waals surface area (Å²) in [6, 6.07) is 0. The minimum Gasteiger partial charge on any atom is -0.468 e. The zero-order chi connectivity index (χ0) is 12.1. The van der Waals surface area contributed by atoms with Crippen molar-refractivity contribution in [1.29, 1.82) is 0 Å². The lowest BCUT2D eigenvalue weighted by Crippen LogP contribution is -2.36. The molecule has 0 fully saturated rings. The molecule has 0 aliphatic rings. The molecule has 0 N–H and O–H groups in total. The molecule has 88 valence electrons. The first-order valence-corrected chi connectivity index (χ1v) is 4.87. The van der Waals surface area contributed by atoms with Crippen LogP contribution >= 0.6 is 0 Å². The molecule has 0 aliphatic heterocycles. The molecule has 0 spiro atoms. The number of hydrogen-bond donors (Lipinski definition) is 0. The normalized spacial score (nSPS) is 9.94. The second-order valence-electron chi connectivity index (χ2n) is 3.19. The van der Waals surface area contributed by atoms with Gasteiger partial charge in [0.1, 0.15) is 17.9 Å². The zero-order valence-electron chi connectivity index (χ0n) is 9.52. The number of nitrogens with zero attached hydrogens (tertiary/aromatic N) is 2. The quantitative estimate of drug-likeness (QED) is 0.703. The molecular formula is C10H14N2O4. The largest absolute Gasteiger partial charge is 0.468 e. The number of esters is 1. The maximum absolute atomic E-state index is 11.9. The second-order valence-corrected chi connectivity index (χ2v) is 3.19. The van der Waals surface area contributed by atoms with Gasteiger partial charge in [-0.15, -0.1) is 0 Å². The zero-order valence-corrected chi connectivity index (χ0v) is 9.52. The highest BCUT2D eigenvalue weighted by Gasteiger charge is 2.21. The Bertz CT molecular complexity index is 386. The Balaban J connectivity index is 2.78. The van der Waals surface area contributed by atoms with Crippen LogP contribution in [0.2, 0.25) is 0 Å². The lowest BCUT2D eigenvalue weighted by atomic mass is 10.2. The molecule has 0 radical (unpaired) electrons. The van der Waals surface area contributed by atoms with Crippen LogP contribution in [-0.2, 0) is 9.53 Å². The molecule has 0 atom stereocenters. The molecule has 6 heteroatoms. The third-order valence-corrected chi connectivity index (χ3v) is 2.20. The molecule has 0 saturated carbocycles. The fraction of sp³-hybridized carbons (Fsp3) is 0.500. The van der Waals surface area contributed by atoms with Crippen LogP contribution in [0.1, 0.15) is 23.0 Å². The summed E-state index contributed by atoms with van der Waals surface area (Å²) in [5, 5.41) is 3.52. The summed E-state index contributed by atoms with van der Waals surface area (Å²) in [5.74, 6) is -0.302. The second kappa shape index (κ2) is 5.29. The number of carbonyl (C=O) groups is 2. The third kappa shape index (κ3) is 2.59. The van der Waals surface area contributed by atoms with Crippen molar-refractivity contribution in [2.24, 2.45) is 0 Å². The van der Waals surface area contributed by atoms with Crippen molar-refractivity contribution in [2.75, 3.05) is 20.2 Å². The van der Waals surface area contributed by atoms with Gasteiger partial charge >= 0.3 is 5.97 Å². The van der Waals surface area contributed by atoms with Crippen LogP contribution < -0.4 is 0 Å². The first kappa shape index (κ1) is 12.2. The number of likely N-dealkylation sites (N-methyl/N-ethyl adjacent to an activating group) is 1. The number of ether oxygens (including phenoxy) is 1. The van der Waals surface area contributed by atoms with E-state index in [0.717, 1.165) is 0 Å². The van der Waals surface area contributed by atoms with Gasteiger partial charge in [0.2, 0.25) is 0 Å². The van der Waals surface area contributed by atoms with Gasteiger partial charge in [0.05, 0.1) is 13.3 Å². The van der Waals surface area contributed by atoms with E-state index in [-0.39, 0.29) is 12.5 Å². The molecule has 0 aliphatic carbocycles. The monoisotopic (exact) mass is 226 g/mol. The fourth-order valence-electron chi connectivity index (χ4n) is 1.22. The Morgan fingerprint density at radius 2 is 2.25 bits per heavy atom. The van der Waals surface area contributed by atoms with Crippen LogP contribution in [0, 0.1) is 6.92 Å². The molecule has 0 unspecified atom stereocenters. The number of aromatic nitrogens is 1. The predicted molar refractivity (Wildman–Crippen MR) is 54.8 cm³/mol. The number of hydrogen-bond acceptors (Lipinski definition) is 5. The smallest absolute Gasteiger partial charge is 0.325 e. The Hall–Kier alpha value is -1.85. The van der Waals surface area contributed by atoms with Crippen LogP contribution in [0.25, 0.3) is 0 Å². The van der Waals surface area contributed by atoms with E-state index in [9.17, 15) is 9.59 Å². The van der Waals surface area contributed by atoms with Crippen molar-refractivity contribution in [3.8, 4) is 0 Å². The summed E-state index contributed by atoms with van der Waals surface area (Å²) >= 11 is 0. The van der Waals surface area contributed by atoms with E-state index in [4.69, 9.17) is 4.52 Å². The molecule has 0 aromatic carbocycles. The number of amides is 1. The van der Waals surface area contributed by atoms with E-state index in [1.165, 1.54) is 18.2 Å². The SMILES string of the molecule is CCN(CC(=O)OC)C(=O)c1cnoc1C. The lowest BCUT2D eigenvalue weighted by Gasteiger charge is -2.18. The van der Waals surface area contributed by atoms with Gasteiger partial charge in [-0.1, -0.05) is 5.16 Å². The predicted octanol–water partition coefficient (Wildman–Crippen LogP) is 0.618. The molecule has 1 heterocycles. The Kier molecular flexibility index (Phi) is 4.04. The van der Waals surface area contributed by atoms with Crippen LogP contribution in [0.4, 0.5) is 0 Å². The van der Waals surface area contributed by atoms with Gasteiger partial charge in [0, 0.05) is 6.54 Å². The average molecular weight is 226 g/mol. The number of methoxy groups -OCH3 is 1. The van der Waals surface area contributed by atoms with Crippen molar-refractivity contribution in [1.82, 2.24) is 10.1 Å². The molecule has 1 aromatic rings. The summed E-state index contributed by atoms with van der Waals surface area (Å²) in [4.78, 5) is 24.4. The molecule has 1 amide bonds. The fourth-order valence-corrected chi connectivity index (χ4v) is 1.22. The van der Waals surface area contributed by atoms with E-state index in [0.29, 0.717) is 17.9 Å². The summed E-state index contributed by atoms with van der Waals surface area (Å²) in [6.45, 7) is 3.77. The molecule has 1 aromatic heterocycles. The molecule has 0 bridgehead atoms. The maximum atomic E-state index is 11.9. The van der Waals surface area contributed by atoms with Gasteiger partial charge in [0.25, 0.3) is 5.91 Å². The number of carbonyl (C=O) groups excluding carboxylic acids is 2. The van der Waals surface area contributed by atoms with Crippen molar-refractivity contribution in [3.05, 3.63) is 17.5 Å². The summed E-state index contributed by atoms with van der Waals surface area (Å²) in [6.07, 6.45) is 1.34. The van der Waals surface area contributed by atoms with E-state index in [2.05, 4.69) is 9.89 Å². The van der Waals surface area contributed by atoms with E-state index in [1.54, 1.807) is 13.8 Å². The van der Waals surface area contributed by atoms with Crippen molar-refractivity contribution in [2.45, 2.75) is 13.8 Å². The first-order valence-electron chi connectivity index (χ1n) is 4.87. The standard InChI is InChI=1S/C10H14N2O4/c1-4-12(6-9(13)15-3)10(14)8-5-11-16-7(8)2/h5H,4,6H2,1-3H3. The lowest BCUT2D eigenvalue weighted by molar-refractivity contribution is -0.141. The highest BCUT2D eigenvalue weighted by molar-refractivity contribution is 5.96. The topological polar surface area (TPSA) is 72.6 Å². The molecular weight excluding hydrogens is 212 g/mol. The van der Waals surface area contributed by atoms with Gasteiger partial charge in [0.15, 0.2) is 0 Å². The molecule has 0 saturated heterocycles. The highest BCUT2D eigenvalue weighted by atomic mass is 16.5. The minimum absolute atomic E-state index is 0.0730. The summed E-state index contributed by atoms with van der Waals surface area (Å²) < 4.78 is 9.31. The minimum atomic E-state index is -0.454.